The van der Waals surface area contributed by atoms with Gasteiger partial charge in [0.05, 0.1) is 5.41 Å². The van der Waals surface area contributed by atoms with Gasteiger partial charge >= 0.3 is 0 Å². The molecule has 1 aliphatic heterocycles. The van der Waals surface area contributed by atoms with Gasteiger partial charge < -0.3 is 4.90 Å². The van der Waals surface area contributed by atoms with E-state index in [2.05, 4.69) is 136 Å². The summed E-state index contributed by atoms with van der Waals surface area (Å²) in [4.78, 5) is 2.39. The molecule has 0 saturated carbocycles. The maximum Gasteiger partial charge on any atom is 0.210 e. The van der Waals surface area contributed by atoms with E-state index in [4.69, 9.17) is 0 Å². The standard InChI is InChI=1S/C34H43N2/c1-7-10-24-34(6)32(22-17-27-15-19-29(20-16-27)35(8-2)9-3)36(25-23-26(4)5)31-21-18-28-13-11-12-14-30(28)33(31)34/h7,10-22,26H,8-9,23-25H2,1-6H3/q+1/b10-7+. The van der Waals surface area contributed by atoms with Gasteiger partial charge in [0.15, 0.2) is 5.71 Å². The molecule has 0 fully saturated rings. The molecule has 2 heteroatoms. The highest BCUT2D eigenvalue weighted by Crippen LogP contribution is 2.46. The smallest absolute Gasteiger partial charge is 0.210 e. The van der Waals surface area contributed by atoms with Gasteiger partial charge in [0.25, 0.3) is 0 Å². The second-order valence-corrected chi connectivity index (χ2v) is 10.6. The molecule has 0 aliphatic carbocycles. The summed E-state index contributed by atoms with van der Waals surface area (Å²) in [6.45, 7) is 16.7. The summed E-state index contributed by atoms with van der Waals surface area (Å²) in [5, 5.41) is 2.70. The Hall–Kier alpha value is -3.13. The summed E-state index contributed by atoms with van der Waals surface area (Å²) in [6.07, 6.45) is 11.4. The lowest BCUT2D eigenvalue weighted by atomic mass is 9.74. The van der Waals surface area contributed by atoms with Gasteiger partial charge in [-0.05, 0) is 80.6 Å². The summed E-state index contributed by atoms with van der Waals surface area (Å²) in [7, 11) is 0. The van der Waals surface area contributed by atoms with Crippen LogP contribution < -0.4 is 4.90 Å². The fraction of sp³-hybridized carbons (Fsp3) is 0.382. The lowest BCUT2D eigenvalue weighted by molar-refractivity contribution is -0.439. The Labute approximate surface area is 218 Å². The van der Waals surface area contributed by atoms with E-state index in [9.17, 15) is 0 Å². The lowest BCUT2D eigenvalue weighted by Gasteiger charge is -2.22. The Bertz CT molecular complexity index is 1270. The Balaban J connectivity index is 1.83. The molecule has 1 heterocycles. The molecule has 4 rings (SSSR count). The first-order chi connectivity index (χ1) is 17.4. The third-order valence-electron chi connectivity index (χ3n) is 7.75. The Kier molecular flexibility index (Phi) is 8.14. The average Bonchev–Trinajstić information content (AvgIpc) is 3.14. The second-order valence-electron chi connectivity index (χ2n) is 10.6. The van der Waals surface area contributed by atoms with E-state index in [0.717, 1.165) is 26.1 Å². The summed E-state index contributed by atoms with van der Waals surface area (Å²) < 4.78 is 2.60. The van der Waals surface area contributed by atoms with Gasteiger partial charge in [-0.1, -0.05) is 62.4 Å². The molecular weight excluding hydrogens is 436 g/mol. The predicted octanol–water partition coefficient (Wildman–Crippen LogP) is 8.77. The van der Waals surface area contributed by atoms with Crippen LogP contribution in [-0.2, 0) is 5.41 Å². The molecule has 1 unspecified atom stereocenters. The maximum absolute atomic E-state index is 2.60. The molecule has 3 aromatic carbocycles. The zero-order chi connectivity index (χ0) is 25.7. The normalized spacial score (nSPS) is 17.8. The van der Waals surface area contributed by atoms with E-state index >= 15 is 0 Å². The minimum absolute atomic E-state index is 0.0860. The molecule has 0 radical (unpaired) electrons. The van der Waals surface area contributed by atoms with Crippen LogP contribution in [0.5, 0.6) is 0 Å². The van der Waals surface area contributed by atoms with Crippen molar-refractivity contribution in [2.75, 3.05) is 24.5 Å². The Morgan fingerprint density at radius 1 is 0.917 bits per heavy atom. The minimum Gasteiger partial charge on any atom is -0.372 e. The highest BCUT2D eigenvalue weighted by atomic mass is 15.1. The van der Waals surface area contributed by atoms with Gasteiger partial charge in [-0.25, -0.2) is 0 Å². The zero-order valence-electron chi connectivity index (χ0n) is 23.1. The largest absolute Gasteiger partial charge is 0.372 e. The Morgan fingerprint density at radius 2 is 1.64 bits per heavy atom. The van der Waals surface area contributed by atoms with Gasteiger partial charge in [0.2, 0.25) is 5.69 Å². The minimum atomic E-state index is -0.0860. The quantitative estimate of drug-likeness (QED) is 0.208. The first kappa shape index (κ1) is 25.9. The fourth-order valence-corrected chi connectivity index (χ4v) is 5.64. The van der Waals surface area contributed by atoms with E-state index in [0.29, 0.717) is 5.92 Å². The van der Waals surface area contributed by atoms with Crippen molar-refractivity contribution in [3.63, 3.8) is 0 Å². The highest BCUT2D eigenvalue weighted by Gasteiger charge is 2.48. The third kappa shape index (κ3) is 5.05. The van der Waals surface area contributed by atoms with Crippen molar-refractivity contribution in [3.8, 4) is 0 Å². The second kappa shape index (κ2) is 11.3. The van der Waals surface area contributed by atoms with Crippen LogP contribution in [0, 0.1) is 5.92 Å². The van der Waals surface area contributed by atoms with Crippen molar-refractivity contribution in [2.24, 2.45) is 5.92 Å². The molecule has 188 valence electrons. The number of allylic oxidation sites excluding steroid dienone is 3. The third-order valence-corrected chi connectivity index (χ3v) is 7.75. The van der Waals surface area contributed by atoms with Gasteiger partial charge in [-0.2, -0.15) is 4.58 Å². The summed E-state index contributed by atoms with van der Waals surface area (Å²) in [5.41, 5.74) is 6.70. The van der Waals surface area contributed by atoms with Crippen LogP contribution in [0.4, 0.5) is 11.4 Å². The summed E-state index contributed by atoms with van der Waals surface area (Å²) in [5.74, 6) is 0.661. The number of benzene rings is 3. The summed E-state index contributed by atoms with van der Waals surface area (Å²) in [6, 6.07) is 22.5. The average molecular weight is 480 g/mol. The van der Waals surface area contributed by atoms with Gasteiger partial charge in [0.1, 0.15) is 6.54 Å². The van der Waals surface area contributed by atoms with Crippen molar-refractivity contribution < 1.29 is 4.58 Å². The number of rotatable bonds is 10. The molecule has 1 aliphatic rings. The maximum atomic E-state index is 2.60. The van der Waals surface area contributed by atoms with Crippen molar-refractivity contribution in [1.82, 2.24) is 0 Å². The number of hydrogen-bond donors (Lipinski definition) is 0. The molecule has 0 N–H and O–H groups in total. The van der Waals surface area contributed by atoms with E-state index in [1.54, 1.807) is 0 Å². The monoisotopic (exact) mass is 479 g/mol. The molecule has 0 aromatic heterocycles. The molecule has 0 amide bonds. The topological polar surface area (TPSA) is 6.25 Å². The molecule has 2 nitrogen and oxygen atoms in total. The highest BCUT2D eigenvalue weighted by molar-refractivity contribution is 6.09. The summed E-state index contributed by atoms with van der Waals surface area (Å²) >= 11 is 0. The van der Waals surface area contributed by atoms with Crippen molar-refractivity contribution in [1.29, 1.82) is 0 Å². The number of fused-ring (bicyclic) bond motifs is 3. The van der Waals surface area contributed by atoms with Crippen LogP contribution in [0.1, 0.15) is 65.5 Å². The van der Waals surface area contributed by atoms with E-state index in [1.807, 2.05) is 0 Å². The van der Waals surface area contributed by atoms with Crippen molar-refractivity contribution in [3.05, 3.63) is 90.0 Å². The van der Waals surface area contributed by atoms with E-state index in [-0.39, 0.29) is 5.41 Å². The number of anilines is 1. The van der Waals surface area contributed by atoms with Crippen LogP contribution in [0.25, 0.3) is 16.8 Å². The molecule has 0 bridgehead atoms. The first-order valence-corrected chi connectivity index (χ1v) is 13.7. The van der Waals surface area contributed by atoms with Crippen LogP contribution in [0.3, 0.4) is 0 Å². The fourth-order valence-electron chi connectivity index (χ4n) is 5.64. The molecule has 3 aromatic rings. The first-order valence-electron chi connectivity index (χ1n) is 13.7. The van der Waals surface area contributed by atoms with Gasteiger partial charge in [-0.3, -0.25) is 0 Å². The van der Waals surface area contributed by atoms with Crippen LogP contribution >= 0.6 is 0 Å². The van der Waals surface area contributed by atoms with E-state index < -0.39 is 0 Å². The molecule has 0 spiro atoms. The van der Waals surface area contributed by atoms with Gasteiger partial charge in [-0.15, -0.1) is 0 Å². The molecule has 36 heavy (non-hydrogen) atoms. The van der Waals surface area contributed by atoms with Crippen LogP contribution in [0.15, 0.2) is 78.9 Å². The molecule has 0 saturated heterocycles. The van der Waals surface area contributed by atoms with Crippen LogP contribution in [-0.4, -0.2) is 29.9 Å². The van der Waals surface area contributed by atoms with Crippen molar-refractivity contribution in [2.45, 2.75) is 59.8 Å². The van der Waals surface area contributed by atoms with E-state index in [1.165, 1.54) is 45.4 Å². The SMILES string of the molecule is C/C=C/CC1(C)C(/C=C/c2ccc(N(CC)CC)cc2)=[N+](CCC(C)C)c2ccc3ccccc3c21. The molecular formula is C34H43N2+. The van der Waals surface area contributed by atoms with Crippen molar-refractivity contribution >= 4 is 33.9 Å². The van der Waals surface area contributed by atoms with Gasteiger partial charge in [0, 0.05) is 42.9 Å². The van der Waals surface area contributed by atoms with Crippen LogP contribution in [0.2, 0.25) is 0 Å². The Morgan fingerprint density at radius 3 is 2.31 bits per heavy atom. The number of nitrogens with zero attached hydrogens (tertiary/aromatic N) is 2. The zero-order valence-corrected chi connectivity index (χ0v) is 23.1. The predicted molar refractivity (Wildman–Crippen MR) is 159 cm³/mol. The molecule has 1 atom stereocenters. The number of hydrogen-bond acceptors (Lipinski definition) is 1. The lowest BCUT2D eigenvalue weighted by Crippen LogP contribution is -2.31.